The summed E-state index contributed by atoms with van der Waals surface area (Å²) < 4.78 is 10.3. The molecule has 0 unspecified atom stereocenters. The molecule has 0 saturated carbocycles. The van der Waals surface area contributed by atoms with Crippen molar-refractivity contribution in [3.05, 3.63) is 42.1 Å². The van der Waals surface area contributed by atoms with Crippen molar-refractivity contribution in [1.82, 2.24) is 10.1 Å². The first-order valence-electron chi connectivity index (χ1n) is 5.16. The fourth-order valence-electron chi connectivity index (χ4n) is 1.74. The minimum absolute atomic E-state index is 0.237. The number of anilines is 1. The highest BCUT2D eigenvalue weighted by Gasteiger charge is 2.20. The van der Waals surface area contributed by atoms with E-state index in [1.54, 1.807) is 18.5 Å². The number of pyridine rings is 1. The monoisotopic (exact) mass is 261 g/mol. The molecule has 0 aliphatic rings. The van der Waals surface area contributed by atoms with Gasteiger partial charge in [-0.3, -0.25) is 4.98 Å². The van der Waals surface area contributed by atoms with Crippen molar-refractivity contribution in [2.75, 3.05) is 5.73 Å². The molecule has 3 heterocycles. The number of halogens is 1. The zero-order valence-corrected chi connectivity index (χ0v) is 9.89. The van der Waals surface area contributed by atoms with Crippen LogP contribution >= 0.6 is 11.6 Å². The van der Waals surface area contributed by atoms with Gasteiger partial charge in [0.15, 0.2) is 11.6 Å². The normalized spacial score (nSPS) is 10.7. The molecule has 0 aliphatic heterocycles. The molecule has 0 amide bonds. The number of nitrogens with zero attached hydrogens (tertiary/aromatic N) is 2. The van der Waals surface area contributed by atoms with Gasteiger partial charge in [-0.2, -0.15) is 0 Å². The summed E-state index contributed by atoms with van der Waals surface area (Å²) in [7, 11) is 0. The fraction of sp³-hybridized carbons (Fsp3) is 0. The lowest BCUT2D eigenvalue weighted by molar-refractivity contribution is 0.435. The van der Waals surface area contributed by atoms with Crippen LogP contribution in [0.25, 0.3) is 22.5 Å². The molecule has 90 valence electrons. The Kier molecular flexibility index (Phi) is 2.53. The molecule has 0 saturated heterocycles. The lowest BCUT2D eigenvalue weighted by atomic mass is 10.0. The Balaban J connectivity index is 2.22. The first-order valence-corrected chi connectivity index (χ1v) is 5.54. The summed E-state index contributed by atoms with van der Waals surface area (Å²) in [4.78, 5) is 3.96. The number of furan rings is 1. The summed E-state index contributed by atoms with van der Waals surface area (Å²) >= 11 is 5.94. The molecular weight excluding hydrogens is 254 g/mol. The van der Waals surface area contributed by atoms with Crippen LogP contribution in [0.5, 0.6) is 0 Å². The number of nitrogen functional groups attached to an aromatic ring is 1. The van der Waals surface area contributed by atoms with Crippen LogP contribution in [0.4, 0.5) is 5.82 Å². The van der Waals surface area contributed by atoms with E-state index in [-0.39, 0.29) is 5.22 Å². The van der Waals surface area contributed by atoms with E-state index in [1.165, 1.54) is 6.26 Å². The van der Waals surface area contributed by atoms with Crippen LogP contribution in [0.3, 0.4) is 0 Å². The van der Waals surface area contributed by atoms with Crippen LogP contribution in [-0.4, -0.2) is 10.1 Å². The highest BCUT2D eigenvalue weighted by molar-refractivity contribution is 6.31. The van der Waals surface area contributed by atoms with Crippen molar-refractivity contribution < 1.29 is 8.94 Å². The Morgan fingerprint density at radius 1 is 1.17 bits per heavy atom. The molecular formula is C12H8ClN3O2. The number of hydrogen-bond donors (Lipinski definition) is 1. The van der Waals surface area contributed by atoms with Gasteiger partial charge in [-0.05, 0) is 35.4 Å². The second-order valence-corrected chi connectivity index (χ2v) is 3.96. The molecule has 0 bridgehead atoms. The summed E-state index contributed by atoms with van der Waals surface area (Å²) in [6.45, 7) is 0. The van der Waals surface area contributed by atoms with Gasteiger partial charge in [-0.25, -0.2) is 0 Å². The molecule has 2 N–H and O–H groups in total. The van der Waals surface area contributed by atoms with Gasteiger partial charge in [0.2, 0.25) is 5.22 Å². The zero-order valence-electron chi connectivity index (χ0n) is 9.13. The third kappa shape index (κ3) is 1.65. The van der Waals surface area contributed by atoms with Crippen LogP contribution in [0.15, 0.2) is 45.8 Å². The molecule has 0 radical (unpaired) electrons. The van der Waals surface area contributed by atoms with E-state index in [2.05, 4.69) is 10.1 Å². The van der Waals surface area contributed by atoms with E-state index in [0.29, 0.717) is 22.7 Å². The van der Waals surface area contributed by atoms with Crippen molar-refractivity contribution in [2.45, 2.75) is 0 Å². The van der Waals surface area contributed by atoms with Gasteiger partial charge in [-0.15, -0.1) is 0 Å². The SMILES string of the molecule is Nc1noc(-c2ccoc2Cl)c1-c1ccncc1. The molecule has 0 spiro atoms. The molecule has 3 aromatic rings. The quantitative estimate of drug-likeness (QED) is 0.766. The third-order valence-electron chi connectivity index (χ3n) is 2.55. The fourth-order valence-corrected chi connectivity index (χ4v) is 1.94. The molecule has 0 aliphatic carbocycles. The van der Waals surface area contributed by atoms with Crippen molar-refractivity contribution in [3.8, 4) is 22.5 Å². The van der Waals surface area contributed by atoms with Gasteiger partial charge in [0.1, 0.15) is 0 Å². The smallest absolute Gasteiger partial charge is 0.204 e. The Labute approximate surface area is 107 Å². The summed E-state index contributed by atoms with van der Waals surface area (Å²) in [6, 6.07) is 5.34. The largest absolute Gasteiger partial charge is 0.452 e. The highest BCUT2D eigenvalue weighted by Crippen LogP contribution is 2.39. The van der Waals surface area contributed by atoms with Crippen molar-refractivity contribution in [2.24, 2.45) is 0 Å². The predicted molar refractivity (Wildman–Crippen MR) is 66.9 cm³/mol. The number of hydrogen-bond acceptors (Lipinski definition) is 5. The topological polar surface area (TPSA) is 78.1 Å². The first-order chi connectivity index (χ1) is 8.77. The standard InChI is InChI=1S/C12H8ClN3O2/c13-11-8(3-6-17-11)10-9(12(14)16-18-10)7-1-4-15-5-2-7/h1-6H,(H2,14,16). The maximum Gasteiger partial charge on any atom is 0.204 e. The summed E-state index contributed by atoms with van der Waals surface area (Å²) in [5.74, 6) is 0.783. The Hall–Kier alpha value is -2.27. The van der Waals surface area contributed by atoms with E-state index < -0.39 is 0 Å². The maximum absolute atomic E-state index is 5.94. The van der Waals surface area contributed by atoms with E-state index in [9.17, 15) is 0 Å². The highest BCUT2D eigenvalue weighted by atomic mass is 35.5. The van der Waals surface area contributed by atoms with Gasteiger partial charge in [0, 0.05) is 12.4 Å². The molecule has 18 heavy (non-hydrogen) atoms. The second-order valence-electron chi connectivity index (χ2n) is 3.62. The van der Waals surface area contributed by atoms with Gasteiger partial charge >= 0.3 is 0 Å². The van der Waals surface area contributed by atoms with Gasteiger partial charge in [0.05, 0.1) is 17.4 Å². The average Bonchev–Trinajstić information content (AvgIpc) is 2.96. The van der Waals surface area contributed by atoms with Crippen LogP contribution in [0.1, 0.15) is 0 Å². The van der Waals surface area contributed by atoms with Crippen LogP contribution in [0.2, 0.25) is 5.22 Å². The first kappa shape index (κ1) is 10.9. The van der Waals surface area contributed by atoms with Crippen LogP contribution < -0.4 is 5.73 Å². The Morgan fingerprint density at radius 3 is 2.61 bits per heavy atom. The lowest BCUT2D eigenvalue weighted by Crippen LogP contribution is -1.88. The molecule has 3 aromatic heterocycles. The molecule has 3 rings (SSSR count). The lowest BCUT2D eigenvalue weighted by Gasteiger charge is -2.00. The van der Waals surface area contributed by atoms with E-state index in [1.807, 2.05) is 12.1 Å². The molecule has 0 fully saturated rings. The maximum atomic E-state index is 5.94. The Bertz CT molecular complexity index is 676. The number of aromatic nitrogens is 2. The minimum atomic E-state index is 0.237. The van der Waals surface area contributed by atoms with Crippen molar-refractivity contribution in [3.63, 3.8) is 0 Å². The van der Waals surface area contributed by atoms with E-state index in [0.717, 1.165) is 5.56 Å². The summed E-state index contributed by atoms with van der Waals surface area (Å²) in [5.41, 5.74) is 7.99. The van der Waals surface area contributed by atoms with Gasteiger partial charge < -0.3 is 14.7 Å². The zero-order chi connectivity index (χ0) is 12.5. The summed E-state index contributed by atoms with van der Waals surface area (Å²) in [5, 5.41) is 4.01. The minimum Gasteiger partial charge on any atom is -0.452 e. The molecule has 0 aromatic carbocycles. The van der Waals surface area contributed by atoms with E-state index >= 15 is 0 Å². The number of rotatable bonds is 2. The van der Waals surface area contributed by atoms with Crippen LogP contribution in [-0.2, 0) is 0 Å². The summed E-state index contributed by atoms with van der Waals surface area (Å²) in [6.07, 6.45) is 4.82. The van der Waals surface area contributed by atoms with Crippen molar-refractivity contribution >= 4 is 17.4 Å². The van der Waals surface area contributed by atoms with Crippen LogP contribution in [0, 0.1) is 0 Å². The van der Waals surface area contributed by atoms with Gasteiger partial charge in [0.25, 0.3) is 0 Å². The second kappa shape index (κ2) is 4.19. The third-order valence-corrected chi connectivity index (χ3v) is 2.84. The van der Waals surface area contributed by atoms with Gasteiger partial charge in [-0.1, -0.05) is 5.16 Å². The predicted octanol–water partition coefficient (Wildman–Crippen LogP) is 3.23. The number of nitrogens with two attached hydrogens (primary N) is 1. The van der Waals surface area contributed by atoms with Crippen molar-refractivity contribution in [1.29, 1.82) is 0 Å². The molecule has 5 nitrogen and oxygen atoms in total. The van der Waals surface area contributed by atoms with E-state index in [4.69, 9.17) is 26.3 Å². The average molecular weight is 262 g/mol. The Morgan fingerprint density at radius 2 is 1.94 bits per heavy atom. The molecule has 0 atom stereocenters. The molecule has 6 heteroatoms.